The molecule has 0 fully saturated rings. The van der Waals surface area contributed by atoms with Crippen molar-refractivity contribution in [2.24, 2.45) is 0 Å². The number of aromatic nitrogens is 1. The van der Waals surface area contributed by atoms with E-state index in [1.165, 1.54) is 5.39 Å². The predicted octanol–water partition coefficient (Wildman–Crippen LogP) is 4.16. The first-order chi connectivity index (χ1) is 9.70. The largest absolute Gasteiger partial charge is 0.487 e. The normalized spacial score (nSPS) is 10.7. The quantitative estimate of drug-likeness (QED) is 0.785. The van der Waals surface area contributed by atoms with Crippen molar-refractivity contribution in [3.63, 3.8) is 0 Å². The van der Waals surface area contributed by atoms with E-state index in [-0.39, 0.29) is 0 Å². The molecule has 100 valence electrons. The number of hydrogen-bond donors (Lipinski definition) is 1. The zero-order valence-corrected chi connectivity index (χ0v) is 12.3. The van der Waals surface area contributed by atoms with Crippen molar-refractivity contribution >= 4 is 32.5 Å². The summed E-state index contributed by atoms with van der Waals surface area (Å²) in [6, 6.07) is 17.7. The highest BCUT2D eigenvalue weighted by Gasteiger charge is 2.00. The Morgan fingerprint density at radius 1 is 1.00 bits per heavy atom. The van der Waals surface area contributed by atoms with Gasteiger partial charge in [0.25, 0.3) is 0 Å². The average Bonchev–Trinajstić information content (AvgIpc) is 2.45. The molecule has 0 spiro atoms. The maximum Gasteiger partial charge on any atom is 0.130 e. The Kier molecular flexibility index (Phi) is 3.56. The molecule has 0 radical (unpaired) electrons. The second-order valence-electron chi connectivity index (χ2n) is 4.50. The van der Waals surface area contributed by atoms with Crippen LogP contribution >= 0.6 is 15.9 Å². The van der Waals surface area contributed by atoms with Crippen LogP contribution in [0.25, 0.3) is 10.8 Å². The molecule has 0 aliphatic rings. The summed E-state index contributed by atoms with van der Waals surface area (Å²) in [5.74, 6) is 1.33. The van der Waals surface area contributed by atoms with Crippen LogP contribution in [0.15, 0.2) is 59.1 Å². The van der Waals surface area contributed by atoms with Crippen LogP contribution in [-0.4, -0.2) is 4.98 Å². The van der Waals surface area contributed by atoms with Gasteiger partial charge < -0.3 is 10.5 Å². The lowest BCUT2D eigenvalue weighted by molar-refractivity contribution is 0.302. The number of benzene rings is 2. The Balaban J connectivity index is 1.79. The highest BCUT2D eigenvalue weighted by atomic mass is 79.9. The molecule has 0 aliphatic carbocycles. The summed E-state index contributed by atoms with van der Waals surface area (Å²) in [5.41, 5.74) is 6.47. The summed E-state index contributed by atoms with van der Waals surface area (Å²) in [6.45, 7) is 0.410. The maximum atomic E-state index is 5.76. The standard InChI is InChI=1S/C16H13BrN2O/c17-13-6-4-12-9-15(7-5-11(12)8-13)20-10-14-2-1-3-16(18)19-14/h1-9H,10H2,(H2,18,19). The van der Waals surface area contributed by atoms with Gasteiger partial charge in [-0.15, -0.1) is 0 Å². The van der Waals surface area contributed by atoms with Crippen molar-refractivity contribution < 1.29 is 4.74 Å². The third kappa shape index (κ3) is 2.91. The number of hydrogen-bond acceptors (Lipinski definition) is 3. The second-order valence-corrected chi connectivity index (χ2v) is 5.41. The van der Waals surface area contributed by atoms with E-state index in [9.17, 15) is 0 Å². The van der Waals surface area contributed by atoms with Gasteiger partial charge >= 0.3 is 0 Å². The van der Waals surface area contributed by atoms with Crippen molar-refractivity contribution in [2.45, 2.75) is 6.61 Å². The van der Waals surface area contributed by atoms with E-state index >= 15 is 0 Å². The number of fused-ring (bicyclic) bond motifs is 1. The lowest BCUT2D eigenvalue weighted by atomic mass is 10.1. The first-order valence-electron chi connectivity index (χ1n) is 6.24. The van der Waals surface area contributed by atoms with Crippen LogP contribution in [0.4, 0.5) is 5.82 Å². The molecule has 0 atom stereocenters. The van der Waals surface area contributed by atoms with Gasteiger partial charge in [-0.1, -0.05) is 34.1 Å². The lowest BCUT2D eigenvalue weighted by Gasteiger charge is -2.07. The van der Waals surface area contributed by atoms with E-state index in [0.29, 0.717) is 12.4 Å². The van der Waals surface area contributed by atoms with E-state index in [0.717, 1.165) is 21.3 Å². The van der Waals surface area contributed by atoms with Crippen LogP contribution in [0, 0.1) is 0 Å². The van der Waals surface area contributed by atoms with E-state index < -0.39 is 0 Å². The highest BCUT2D eigenvalue weighted by molar-refractivity contribution is 9.10. The summed E-state index contributed by atoms with van der Waals surface area (Å²) in [5, 5.41) is 2.32. The third-order valence-corrected chi connectivity index (χ3v) is 3.48. The van der Waals surface area contributed by atoms with E-state index in [4.69, 9.17) is 10.5 Å². The topological polar surface area (TPSA) is 48.1 Å². The average molecular weight is 329 g/mol. The number of ether oxygens (including phenoxy) is 1. The molecular weight excluding hydrogens is 316 g/mol. The Morgan fingerprint density at radius 2 is 1.80 bits per heavy atom. The molecule has 3 aromatic rings. The number of anilines is 1. The van der Waals surface area contributed by atoms with E-state index in [1.54, 1.807) is 6.07 Å². The molecule has 0 bridgehead atoms. The zero-order valence-electron chi connectivity index (χ0n) is 10.7. The summed E-state index contributed by atoms with van der Waals surface area (Å²) < 4.78 is 6.83. The Labute approximate surface area is 125 Å². The summed E-state index contributed by atoms with van der Waals surface area (Å²) in [7, 11) is 0. The molecular formula is C16H13BrN2O. The van der Waals surface area contributed by atoms with Gasteiger partial charge in [-0.2, -0.15) is 0 Å². The van der Waals surface area contributed by atoms with Crippen LogP contribution in [0.2, 0.25) is 0 Å². The number of nitrogen functional groups attached to an aromatic ring is 1. The summed E-state index contributed by atoms with van der Waals surface area (Å²) >= 11 is 3.47. The molecule has 0 unspecified atom stereocenters. The maximum absolute atomic E-state index is 5.76. The molecule has 0 aliphatic heterocycles. The monoisotopic (exact) mass is 328 g/mol. The highest BCUT2D eigenvalue weighted by Crippen LogP contribution is 2.24. The van der Waals surface area contributed by atoms with Gasteiger partial charge in [-0.3, -0.25) is 0 Å². The van der Waals surface area contributed by atoms with Crippen LogP contribution in [-0.2, 0) is 6.61 Å². The third-order valence-electron chi connectivity index (χ3n) is 2.99. The van der Waals surface area contributed by atoms with Gasteiger partial charge in [-0.25, -0.2) is 4.98 Å². The molecule has 4 heteroatoms. The second kappa shape index (κ2) is 5.51. The molecule has 0 saturated heterocycles. The lowest BCUT2D eigenvalue weighted by Crippen LogP contribution is -2.00. The van der Waals surface area contributed by atoms with Crippen LogP contribution in [0.3, 0.4) is 0 Å². The Bertz CT molecular complexity index is 758. The molecule has 2 aromatic carbocycles. The van der Waals surface area contributed by atoms with E-state index in [2.05, 4.69) is 33.0 Å². The van der Waals surface area contributed by atoms with Crippen LogP contribution < -0.4 is 10.5 Å². The molecule has 1 heterocycles. The molecule has 3 rings (SSSR count). The van der Waals surface area contributed by atoms with Crippen LogP contribution in [0.5, 0.6) is 5.75 Å². The van der Waals surface area contributed by atoms with Gasteiger partial charge in [0.1, 0.15) is 18.2 Å². The number of pyridine rings is 1. The number of halogens is 1. The molecule has 3 nitrogen and oxygen atoms in total. The summed E-state index contributed by atoms with van der Waals surface area (Å²) in [4.78, 5) is 4.21. The van der Waals surface area contributed by atoms with Gasteiger partial charge in [0.2, 0.25) is 0 Å². The molecule has 0 amide bonds. The first-order valence-corrected chi connectivity index (χ1v) is 7.03. The minimum absolute atomic E-state index is 0.410. The van der Waals surface area contributed by atoms with Crippen molar-refractivity contribution in [3.05, 3.63) is 64.8 Å². The van der Waals surface area contributed by atoms with Gasteiger partial charge in [0.15, 0.2) is 0 Å². The Morgan fingerprint density at radius 3 is 2.65 bits per heavy atom. The zero-order chi connectivity index (χ0) is 13.9. The van der Waals surface area contributed by atoms with E-state index in [1.807, 2.05) is 36.4 Å². The predicted molar refractivity (Wildman–Crippen MR) is 84.6 cm³/mol. The number of nitrogens with zero attached hydrogens (tertiary/aromatic N) is 1. The van der Waals surface area contributed by atoms with Gasteiger partial charge in [-0.05, 0) is 47.2 Å². The fourth-order valence-corrected chi connectivity index (χ4v) is 2.40. The SMILES string of the molecule is Nc1cccc(COc2ccc3cc(Br)ccc3c2)n1. The molecule has 1 aromatic heterocycles. The van der Waals surface area contributed by atoms with Gasteiger partial charge in [0.05, 0.1) is 5.69 Å². The smallest absolute Gasteiger partial charge is 0.130 e. The fraction of sp³-hybridized carbons (Fsp3) is 0.0625. The minimum Gasteiger partial charge on any atom is -0.487 e. The molecule has 0 saturated carbocycles. The van der Waals surface area contributed by atoms with Gasteiger partial charge in [0, 0.05) is 4.47 Å². The minimum atomic E-state index is 0.410. The number of nitrogens with two attached hydrogens (primary N) is 1. The first kappa shape index (κ1) is 12.9. The van der Waals surface area contributed by atoms with Crippen LogP contribution in [0.1, 0.15) is 5.69 Å². The van der Waals surface area contributed by atoms with Crippen molar-refractivity contribution in [2.75, 3.05) is 5.73 Å². The Hall–Kier alpha value is -2.07. The fourth-order valence-electron chi connectivity index (χ4n) is 2.02. The van der Waals surface area contributed by atoms with Crippen molar-refractivity contribution in [1.29, 1.82) is 0 Å². The molecule has 20 heavy (non-hydrogen) atoms. The number of rotatable bonds is 3. The van der Waals surface area contributed by atoms with Crippen molar-refractivity contribution in [3.8, 4) is 5.75 Å². The van der Waals surface area contributed by atoms with Crippen molar-refractivity contribution in [1.82, 2.24) is 4.98 Å². The molecule has 2 N–H and O–H groups in total. The summed E-state index contributed by atoms with van der Waals surface area (Å²) in [6.07, 6.45) is 0.